The van der Waals surface area contributed by atoms with Crippen LogP contribution in [0.2, 0.25) is 0 Å². The highest BCUT2D eigenvalue weighted by Gasteiger charge is 2.13. The van der Waals surface area contributed by atoms with Gasteiger partial charge in [-0.2, -0.15) is 0 Å². The molecule has 70 valence electrons. The van der Waals surface area contributed by atoms with Crippen LogP contribution in [0.4, 0.5) is 5.82 Å². The van der Waals surface area contributed by atoms with Crippen molar-refractivity contribution in [1.29, 1.82) is 0 Å². The zero-order valence-electron chi connectivity index (χ0n) is 7.45. The van der Waals surface area contributed by atoms with Crippen molar-refractivity contribution in [2.75, 3.05) is 5.73 Å². The maximum absolute atomic E-state index is 10.8. The largest absolute Gasteiger partial charge is 0.478 e. The lowest BCUT2D eigenvalue weighted by Gasteiger charge is -2.05. The number of anilines is 1. The van der Waals surface area contributed by atoms with Crippen LogP contribution >= 0.6 is 0 Å². The molecule has 0 saturated carbocycles. The first-order valence-corrected chi connectivity index (χ1v) is 4.13. The molecule has 13 heavy (non-hydrogen) atoms. The second-order valence-electron chi connectivity index (χ2n) is 2.79. The molecular formula is C9H12N2O2. The molecule has 3 N–H and O–H groups in total. The molecule has 0 aliphatic heterocycles. The van der Waals surface area contributed by atoms with Gasteiger partial charge in [-0.05, 0) is 18.1 Å². The summed E-state index contributed by atoms with van der Waals surface area (Å²) in [4.78, 5) is 14.5. The van der Waals surface area contributed by atoms with Gasteiger partial charge < -0.3 is 10.8 Å². The number of nitrogens with two attached hydrogens (primary N) is 1. The summed E-state index contributed by atoms with van der Waals surface area (Å²) in [6.45, 7) is 1.99. The van der Waals surface area contributed by atoms with Gasteiger partial charge in [-0.15, -0.1) is 0 Å². The van der Waals surface area contributed by atoms with E-state index in [4.69, 9.17) is 10.8 Å². The van der Waals surface area contributed by atoms with Gasteiger partial charge in [-0.25, -0.2) is 9.78 Å². The van der Waals surface area contributed by atoms with Crippen molar-refractivity contribution in [2.45, 2.75) is 19.8 Å². The van der Waals surface area contributed by atoms with Crippen LogP contribution < -0.4 is 5.73 Å². The molecule has 0 aliphatic carbocycles. The molecule has 0 unspecified atom stereocenters. The van der Waals surface area contributed by atoms with Crippen LogP contribution in [-0.4, -0.2) is 16.1 Å². The number of carboxylic acid groups (broad SMARTS) is 1. The third-order valence-electron chi connectivity index (χ3n) is 1.80. The number of hydrogen-bond donors (Lipinski definition) is 2. The highest BCUT2D eigenvalue weighted by Crippen LogP contribution is 2.15. The van der Waals surface area contributed by atoms with Gasteiger partial charge in [0, 0.05) is 6.20 Å². The fourth-order valence-electron chi connectivity index (χ4n) is 1.24. The summed E-state index contributed by atoms with van der Waals surface area (Å²) in [6.07, 6.45) is 3.14. The van der Waals surface area contributed by atoms with Crippen molar-refractivity contribution in [3.05, 3.63) is 23.4 Å². The summed E-state index contributed by atoms with van der Waals surface area (Å²) in [5, 5.41) is 8.85. The molecule has 0 saturated heterocycles. The van der Waals surface area contributed by atoms with E-state index in [1.54, 1.807) is 6.07 Å². The zero-order valence-corrected chi connectivity index (χ0v) is 7.45. The Bertz CT molecular complexity index is 323. The van der Waals surface area contributed by atoms with Crippen molar-refractivity contribution < 1.29 is 9.90 Å². The van der Waals surface area contributed by atoms with Gasteiger partial charge in [0.2, 0.25) is 0 Å². The molecule has 0 amide bonds. The normalized spacial score (nSPS) is 9.92. The van der Waals surface area contributed by atoms with E-state index < -0.39 is 5.97 Å². The quantitative estimate of drug-likeness (QED) is 0.735. The summed E-state index contributed by atoms with van der Waals surface area (Å²) < 4.78 is 0. The molecule has 0 fully saturated rings. The Kier molecular flexibility index (Phi) is 2.84. The van der Waals surface area contributed by atoms with E-state index in [2.05, 4.69) is 4.98 Å². The van der Waals surface area contributed by atoms with Gasteiger partial charge in [-0.1, -0.05) is 13.3 Å². The minimum absolute atomic E-state index is 0.0958. The summed E-state index contributed by atoms with van der Waals surface area (Å²) in [5.41, 5.74) is 6.36. The van der Waals surface area contributed by atoms with Crippen LogP contribution in [-0.2, 0) is 6.42 Å². The minimum Gasteiger partial charge on any atom is -0.478 e. The average molecular weight is 180 g/mol. The number of aromatic carboxylic acids is 1. The van der Waals surface area contributed by atoms with Crippen molar-refractivity contribution in [2.24, 2.45) is 0 Å². The van der Waals surface area contributed by atoms with Gasteiger partial charge in [0.25, 0.3) is 0 Å². The maximum atomic E-state index is 10.8. The van der Waals surface area contributed by atoms with Gasteiger partial charge in [0.15, 0.2) is 0 Å². The Morgan fingerprint density at radius 1 is 1.69 bits per heavy atom. The lowest BCUT2D eigenvalue weighted by Crippen LogP contribution is -2.08. The van der Waals surface area contributed by atoms with Gasteiger partial charge >= 0.3 is 5.97 Å². The molecule has 1 aromatic heterocycles. The van der Waals surface area contributed by atoms with E-state index in [1.165, 1.54) is 6.20 Å². The predicted octanol–water partition coefficient (Wildman–Crippen LogP) is 1.31. The molecule has 0 bridgehead atoms. The lowest BCUT2D eigenvalue weighted by molar-refractivity contribution is 0.0696. The SMILES string of the molecule is CCCc1ccnc(N)c1C(=O)O. The van der Waals surface area contributed by atoms with E-state index in [1.807, 2.05) is 6.92 Å². The maximum Gasteiger partial charge on any atom is 0.339 e. The standard InChI is InChI=1S/C9H12N2O2/c1-2-3-6-4-5-11-8(10)7(6)9(12)13/h4-5H,2-3H2,1H3,(H2,10,11)(H,12,13). The molecular weight excluding hydrogens is 168 g/mol. The topological polar surface area (TPSA) is 76.2 Å². The van der Waals surface area contributed by atoms with Crippen molar-refractivity contribution in [3.63, 3.8) is 0 Å². The Hall–Kier alpha value is -1.58. The summed E-state index contributed by atoms with van der Waals surface area (Å²) >= 11 is 0. The van der Waals surface area contributed by atoms with Crippen molar-refractivity contribution in [3.8, 4) is 0 Å². The van der Waals surface area contributed by atoms with Crippen LogP contribution in [0.25, 0.3) is 0 Å². The Morgan fingerprint density at radius 3 is 2.92 bits per heavy atom. The summed E-state index contributed by atoms with van der Waals surface area (Å²) in [6, 6.07) is 1.70. The molecule has 0 spiro atoms. The fourth-order valence-corrected chi connectivity index (χ4v) is 1.24. The van der Waals surface area contributed by atoms with E-state index in [0.29, 0.717) is 6.42 Å². The first kappa shape index (κ1) is 9.51. The Labute approximate surface area is 76.4 Å². The molecule has 4 nitrogen and oxygen atoms in total. The number of carbonyl (C=O) groups is 1. The molecule has 1 heterocycles. The van der Waals surface area contributed by atoms with E-state index in [-0.39, 0.29) is 11.4 Å². The average Bonchev–Trinajstić information content (AvgIpc) is 2.04. The lowest BCUT2D eigenvalue weighted by atomic mass is 10.1. The minimum atomic E-state index is -1.01. The van der Waals surface area contributed by atoms with Crippen LogP contribution in [0, 0.1) is 0 Å². The number of hydrogen-bond acceptors (Lipinski definition) is 3. The number of aryl methyl sites for hydroxylation is 1. The second-order valence-corrected chi connectivity index (χ2v) is 2.79. The number of nitrogen functional groups attached to an aromatic ring is 1. The van der Waals surface area contributed by atoms with Crippen molar-refractivity contribution >= 4 is 11.8 Å². The molecule has 0 atom stereocenters. The molecule has 0 aliphatic rings. The van der Waals surface area contributed by atoms with Crippen molar-refractivity contribution in [1.82, 2.24) is 4.98 Å². The van der Waals surface area contributed by atoms with E-state index in [9.17, 15) is 4.79 Å². The fraction of sp³-hybridized carbons (Fsp3) is 0.333. The number of rotatable bonds is 3. The predicted molar refractivity (Wildman–Crippen MR) is 49.6 cm³/mol. The highest BCUT2D eigenvalue weighted by atomic mass is 16.4. The van der Waals surface area contributed by atoms with E-state index >= 15 is 0 Å². The monoisotopic (exact) mass is 180 g/mol. The molecule has 1 aromatic rings. The van der Waals surface area contributed by atoms with Crippen LogP contribution in [0.1, 0.15) is 29.3 Å². The molecule has 0 radical (unpaired) electrons. The molecule has 0 aromatic carbocycles. The van der Waals surface area contributed by atoms with Gasteiger partial charge in [-0.3, -0.25) is 0 Å². The Morgan fingerprint density at radius 2 is 2.38 bits per heavy atom. The second kappa shape index (κ2) is 3.89. The Balaban J connectivity index is 3.17. The third-order valence-corrected chi connectivity index (χ3v) is 1.80. The van der Waals surface area contributed by atoms with Crippen LogP contribution in [0.5, 0.6) is 0 Å². The smallest absolute Gasteiger partial charge is 0.339 e. The first-order valence-electron chi connectivity index (χ1n) is 4.13. The zero-order chi connectivity index (χ0) is 9.84. The first-order chi connectivity index (χ1) is 6.16. The summed E-state index contributed by atoms with van der Waals surface area (Å²) in [5.74, 6) is -0.910. The number of nitrogens with zero attached hydrogens (tertiary/aromatic N) is 1. The van der Waals surface area contributed by atoms with E-state index in [0.717, 1.165) is 12.0 Å². The molecule has 4 heteroatoms. The van der Waals surface area contributed by atoms with Crippen LogP contribution in [0.15, 0.2) is 12.3 Å². The number of pyridine rings is 1. The van der Waals surface area contributed by atoms with Gasteiger partial charge in [0.05, 0.1) is 0 Å². The number of carboxylic acids is 1. The highest BCUT2D eigenvalue weighted by molar-refractivity contribution is 5.94. The van der Waals surface area contributed by atoms with Gasteiger partial charge in [0.1, 0.15) is 11.4 Å². The molecule has 1 rings (SSSR count). The third kappa shape index (κ3) is 1.96. The summed E-state index contributed by atoms with van der Waals surface area (Å²) in [7, 11) is 0. The number of aromatic nitrogens is 1. The van der Waals surface area contributed by atoms with Crippen LogP contribution in [0.3, 0.4) is 0 Å².